The van der Waals surface area contributed by atoms with Crippen LogP contribution in [0.1, 0.15) is 105 Å². The summed E-state index contributed by atoms with van der Waals surface area (Å²) in [4.78, 5) is 10.6. The molecule has 5 heterocycles. The first-order valence-electron chi connectivity index (χ1n) is 24.2. The molecule has 0 bridgehead atoms. The first kappa shape index (κ1) is 41.7. The van der Waals surface area contributed by atoms with E-state index in [1.807, 2.05) is 0 Å². The molecule has 2 aliphatic rings. The maximum atomic E-state index is 5.32. The van der Waals surface area contributed by atoms with Crippen LogP contribution < -0.4 is 10.9 Å². The second-order valence-corrected chi connectivity index (χ2v) is 23.6. The average molecular weight is 871 g/mol. The number of nitrogens with zero attached hydrogens (tertiary/aromatic N) is 4. The monoisotopic (exact) mass is 870 g/mol. The number of hydrogen-bond donors (Lipinski definition) is 0. The zero-order chi connectivity index (χ0) is 46.7. The number of hydrogen-bond acceptors (Lipinski definition) is 2. The molecule has 0 fully saturated rings. The maximum absolute atomic E-state index is 5.32. The van der Waals surface area contributed by atoms with Crippen LogP contribution in [0.2, 0.25) is 0 Å². The Morgan fingerprint density at radius 3 is 1.51 bits per heavy atom. The van der Waals surface area contributed by atoms with Gasteiger partial charge in [0.15, 0.2) is 5.82 Å². The van der Waals surface area contributed by atoms with Crippen LogP contribution in [0.25, 0.3) is 94.3 Å². The smallest absolute Gasteiger partial charge is 0.333 e. The van der Waals surface area contributed by atoms with E-state index in [-0.39, 0.29) is 28.5 Å². The highest BCUT2D eigenvalue weighted by Gasteiger charge is 2.43. The highest BCUT2D eigenvalue weighted by molar-refractivity contribution is 6.90. The fourth-order valence-electron chi connectivity index (χ4n) is 11.0. The molecule has 0 spiro atoms. The second kappa shape index (κ2) is 13.9. The van der Waals surface area contributed by atoms with Crippen molar-refractivity contribution in [1.29, 1.82) is 0 Å². The summed E-state index contributed by atoms with van der Waals surface area (Å²) in [5, 5.41) is 5.17. The van der Waals surface area contributed by atoms with Gasteiger partial charge in [0.1, 0.15) is 0 Å². The van der Waals surface area contributed by atoms with E-state index in [4.69, 9.17) is 9.97 Å². The zero-order valence-corrected chi connectivity index (χ0v) is 41.1. The molecule has 0 aliphatic carbocycles. The summed E-state index contributed by atoms with van der Waals surface area (Å²) in [6.45, 7) is 28.2. The molecular formula is C62H59BN4. The minimum Gasteiger partial charge on any atom is -0.375 e. The number of aromatic nitrogens is 4. The van der Waals surface area contributed by atoms with Crippen molar-refractivity contribution in [1.82, 2.24) is 19.0 Å². The van der Waals surface area contributed by atoms with E-state index in [2.05, 4.69) is 232 Å². The van der Waals surface area contributed by atoms with E-state index < -0.39 is 0 Å². The molecule has 0 N–H and O–H groups in total. The van der Waals surface area contributed by atoms with Crippen molar-refractivity contribution >= 4 is 61.4 Å². The summed E-state index contributed by atoms with van der Waals surface area (Å²) < 4.78 is 5.36. The summed E-state index contributed by atoms with van der Waals surface area (Å²) >= 11 is 0. The Balaban J connectivity index is 1.22. The third-order valence-corrected chi connectivity index (χ3v) is 14.9. The van der Waals surface area contributed by atoms with E-state index >= 15 is 0 Å². The molecule has 0 saturated heterocycles. The SMILES string of the molecule is CC(C)(C)c1cc2c3c(c1)-n1c4ccc(C(C)(C)C)cc4c4cc(C(C)(C)C)cc(c41)B3n1c3ccc(-c4nc(-c5ccccc5)cc(-c5ccccc5)n4)cc3c3cc(C(C)(C)C)cc-2c31. The van der Waals surface area contributed by atoms with E-state index in [9.17, 15) is 0 Å². The van der Waals surface area contributed by atoms with Gasteiger partial charge >= 0.3 is 6.85 Å². The van der Waals surface area contributed by atoms with E-state index in [0.29, 0.717) is 0 Å². The van der Waals surface area contributed by atoms with Gasteiger partial charge in [0.25, 0.3) is 0 Å². The molecule has 0 unspecified atom stereocenters. The lowest BCUT2D eigenvalue weighted by Gasteiger charge is -2.37. The largest absolute Gasteiger partial charge is 0.375 e. The van der Waals surface area contributed by atoms with Crippen LogP contribution in [0.3, 0.4) is 0 Å². The van der Waals surface area contributed by atoms with Crippen LogP contribution in [0.15, 0.2) is 140 Å². The Morgan fingerprint density at radius 2 is 0.910 bits per heavy atom. The molecule has 7 aromatic carbocycles. The van der Waals surface area contributed by atoms with Crippen LogP contribution >= 0.6 is 0 Å². The molecule has 12 rings (SSSR count). The normalized spacial score (nSPS) is 13.6. The summed E-state index contributed by atoms with van der Waals surface area (Å²) in [7, 11) is 0. The Kier molecular flexibility index (Phi) is 8.66. The van der Waals surface area contributed by atoms with Crippen molar-refractivity contribution in [2.75, 3.05) is 0 Å². The van der Waals surface area contributed by atoms with Crippen molar-refractivity contribution < 1.29 is 0 Å². The predicted molar refractivity (Wildman–Crippen MR) is 286 cm³/mol. The highest BCUT2D eigenvalue weighted by atomic mass is 15.0. The standard InChI is InChI=1S/C62H59BN4/c1-59(2,3)39-24-26-52-44(28-39)47-32-41(61(7,8)9)33-49-57(47)66(52)54-34-42(62(10,11)12)29-45-48-31-40(60(4,5)6)30-46-43-27-38(23-25-53(43)67(56(46)48)63(49)55(45)54)58-64-50(36-19-15-13-16-20-36)35-51(65-58)37-21-17-14-18-22-37/h13-35H,1-12H3. The van der Waals surface area contributed by atoms with Crippen LogP contribution in [-0.4, -0.2) is 25.9 Å². The lowest BCUT2D eigenvalue weighted by Crippen LogP contribution is -2.55. The van der Waals surface area contributed by atoms with Gasteiger partial charge in [-0.15, -0.1) is 0 Å². The van der Waals surface area contributed by atoms with Crippen molar-refractivity contribution in [2.45, 2.75) is 105 Å². The van der Waals surface area contributed by atoms with Crippen LogP contribution in [0.4, 0.5) is 0 Å². The lowest BCUT2D eigenvalue weighted by molar-refractivity contribution is 0.589. The summed E-state index contributed by atoms with van der Waals surface area (Å²) in [5.74, 6) is 0.724. The Bertz CT molecular complexity index is 3650. The molecule has 4 nitrogen and oxygen atoms in total. The zero-order valence-electron chi connectivity index (χ0n) is 41.1. The van der Waals surface area contributed by atoms with Gasteiger partial charge in [0.05, 0.1) is 22.4 Å². The first-order valence-corrected chi connectivity index (χ1v) is 24.2. The Morgan fingerprint density at radius 1 is 0.403 bits per heavy atom. The van der Waals surface area contributed by atoms with Gasteiger partial charge in [0, 0.05) is 60.5 Å². The van der Waals surface area contributed by atoms with Gasteiger partial charge < -0.3 is 9.05 Å². The van der Waals surface area contributed by atoms with Gasteiger partial charge in [-0.05, 0) is 121 Å². The summed E-state index contributed by atoms with van der Waals surface area (Å²) in [6.07, 6.45) is 0. The molecule has 0 saturated carbocycles. The third kappa shape index (κ3) is 6.33. The Labute approximate surface area is 395 Å². The van der Waals surface area contributed by atoms with Crippen molar-refractivity contribution in [3.63, 3.8) is 0 Å². The topological polar surface area (TPSA) is 35.6 Å². The molecule has 67 heavy (non-hydrogen) atoms. The van der Waals surface area contributed by atoms with E-state index in [1.165, 1.54) is 93.6 Å². The molecule has 3 aromatic heterocycles. The van der Waals surface area contributed by atoms with Crippen molar-refractivity contribution in [3.8, 4) is 50.7 Å². The van der Waals surface area contributed by atoms with Crippen LogP contribution in [0.5, 0.6) is 0 Å². The molecule has 0 atom stereocenters. The lowest BCUT2D eigenvalue weighted by atomic mass is 9.45. The van der Waals surface area contributed by atoms with Gasteiger partial charge in [-0.2, -0.15) is 0 Å². The third-order valence-electron chi connectivity index (χ3n) is 14.9. The number of benzene rings is 7. The number of fused-ring (bicyclic) bond motifs is 10. The molecule has 10 aromatic rings. The predicted octanol–water partition coefficient (Wildman–Crippen LogP) is 14.8. The Hall–Kier alpha value is -6.72. The van der Waals surface area contributed by atoms with E-state index in [1.54, 1.807) is 0 Å². The molecular weight excluding hydrogens is 812 g/mol. The average Bonchev–Trinajstić information content (AvgIpc) is 3.81. The molecule has 0 radical (unpaired) electrons. The maximum Gasteiger partial charge on any atom is 0.333 e. The minimum absolute atomic E-state index is 0.0150. The minimum atomic E-state index is -0.0885. The second-order valence-electron chi connectivity index (χ2n) is 23.6. The summed E-state index contributed by atoms with van der Waals surface area (Å²) in [5.41, 5.74) is 22.0. The molecule has 330 valence electrons. The fraction of sp³-hybridized carbons (Fsp3) is 0.258. The van der Waals surface area contributed by atoms with Crippen LogP contribution in [0, 0.1) is 0 Å². The summed E-state index contributed by atoms with van der Waals surface area (Å²) in [6, 6.07) is 52.6. The fourth-order valence-corrected chi connectivity index (χ4v) is 11.0. The first-order chi connectivity index (χ1) is 31.7. The molecule has 5 heteroatoms. The van der Waals surface area contributed by atoms with Gasteiger partial charge in [-0.1, -0.05) is 162 Å². The van der Waals surface area contributed by atoms with Gasteiger partial charge in [0.2, 0.25) is 0 Å². The van der Waals surface area contributed by atoms with Crippen LogP contribution in [-0.2, 0) is 21.7 Å². The molecule has 2 aliphatic heterocycles. The van der Waals surface area contributed by atoms with Gasteiger partial charge in [-0.3, -0.25) is 0 Å². The van der Waals surface area contributed by atoms with Crippen molar-refractivity contribution in [2.24, 2.45) is 0 Å². The number of rotatable bonds is 3. The van der Waals surface area contributed by atoms with Crippen molar-refractivity contribution in [3.05, 3.63) is 162 Å². The van der Waals surface area contributed by atoms with E-state index in [0.717, 1.165) is 33.9 Å². The van der Waals surface area contributed by atoms with Gasteiger partial charge in [-0.25, -0.2) is 9.97 Å². The molecule has 0 amide bonds. The highest BCUT2D eigenvalue weighted by Crippen LogP contribution is 2.48. The quantitative estimate of drug-likeness (QED) is 0.166.